The van der Waals surface area contributed by atoms with E-state index in [0.717, 1.165) is 5.69 Å². The van der Waals surface area contributed by atoms with Crippen molar-refractivity contribution >= 4 is 33.4 Å². The van der Waals surface area contributed by atoms with Crippen LogP contribution in [0.15, 0.2) is 39.6 Å². The quantitative estimate of drug-likeness (QED) is 0.699. The zero-order valence-electron chi connectivity index (χ0n) is 13.8. The van der Waals surface area contributed by atoms with Gasteiger partial charge in [0.1, 0.15) is 11.4 Å². The molecular formula is C15H14ClN5O4S. The van der Waals surface area contributed by atoms with Gasteiger partial charge in [-0.2, -0.15) is 5.10 Å². The van der Waals surface area contributed by atoms with Gasteiger partial charge in [-0.3, -0.25) is 14.8 Å². The van der Waals surface area contributed by atoms with E-state index >= 15 is 0 Å². The second-order valence-corrected chi connectivity index (χ2v) is 7.89. The highest BCUT2D eigenvalue weighted by atomic mass is 35.5. The number of sulfone groups is 1. The molecule has 0 aliphatic carbocycles. The van der Waals surface area contributed by atoms with Crippen LogP contribution in [0.2, 0.25) is 5.02 Å². The van der Waals surface area contributed by atoms with Gasteiger partial charge in [0.2, 0.25) is 5.91 Å². The first-order valence-corrected chi connectivity index (χ1v) is 9.40. The Bertz CT molecular complexity index is 1040. The molecule has 0 unspecified atom stereocenters. The molecule has 0 aliphatic heterocycles. The number of carbonyl (C=O) groups is 1. The van der Waals surface area contributed by atoms with Crippen LogP contribution in [0, 0.1) is 6.92 Å². The fourth-order valence-electron chi connectivity index (χ4n) is 2.10. The molecule has 0 saturated carbocycles. The van der Waals surface area contributed by atoms with E-state index in [2.05, 4.69) is 20.6 Å². The number of nitrogens with zero attached hydrogens (tertiary/aromatic N) is 4. The SMILES string of the molecule is Cc1cc(-c2nnc(NC(=O)CS(=O)(=O)c3ccc(Cl)cc3)o2)nn1C. The van der Waals surface area contributed by atoms with E-state index in [4.69, 9.17) is 16.0 Å². The van der Waals surface area contributed by atoms with Crippen molar-refractivity contribution in [3.05, 3.63) is 41.0 Å². The summed E-state index contributed by atoms with van der Waals surface area (Å²) in [6.45, 7) is 1.86. The van der Waals surface area contributed by atoms with Gasteiger partial charge in [-0.05, 0) is 37.3 Å². The number of hydrogen-bond acceptors (Lipinski definition) is 7. The normalized spacial score (nSPS) is 11.5. The van der Waals surface area contributed by atoms with Crippen LogP contribution in [0.3, 0.4) is 0 Å². The minimum Gasteiger partial charge on any atom is -0.401 e. The van der Waals surface area contributed by atoms with E-state index in [-0.39, 0.29) is 16.8 Å². The highest BCUT2D eigenvalue weighted by Gasteiger charge is 2.21. The van der Waals surface area contributed by atoms with Crippen molar-refractivity contribution in [1.82, 2.24) is 20.0 Å². The molecule has 2 heterocycles. The van der Waals surface area contributed by atoms with Gasteiger partial charge in [0, 0.05) is 17.8 Å². The summed E-state index contributed by atoms with van der Waals surface area (Å²) in [5.41, 5.74) is 1.34. The number of aromatic nitrogens is 4. The lowest BCUT2D eigenvalue weighted by atomic mass is 10.4. The third-order valence-electron chi connectivity index (χ3n) is 3.50. The summed E-state index contributed by atoms with van der Waals surface area (Å²) in [5.74, 6) is -1.45. The monoisotopic (exact) mass is 395 g/mol. The standard InChI is InChI=1S/C15H14ClN5O4S/c1-9-7-12(20-21(9)2)14-18-19-15(25-14)17-13(22)8-26(23,24)11-5-3-10(16)4-6-11/h3-7H,8H2,1-2H3,(H,17,19,22). The third-order valence-corrected chi connectivity index (χ3v) is 5.38. The van der Waals surface area contributed by atoms with Crippen LogP contribution < -0.4 is 5.32 Å². The predicted molar refractivity (Wildman–Crippen MR) is 93.4 cm³/mol. The van der Waals surface area contributed by atoms with Crippen LogP contribution in [0.4, 0.5) is 6.01 Å². The zero-order chi connectivity index (χ0) is 18.9. The summed E-state index contributed by atoms with van der Waals surface area (Å²) in [7, 11) is -2.06. The number of aryl methyl sites for hydroxylation is 2. The Labute approximate surface area is 153 Å². The summed E-state index contributed by atoms with van der Waals surface area (Å²) >= 11 is 5.73. The average molecular weight is 396 g/mol. The van der Waals surface area contributed by atoms with Crippen LogP contribution in [-0.4, -0.2) is 40.1 Å². The number of benzene rings is 1. The number of hydrogen-bond donors (Lipinski definition) is 1. The molecule has 3 rings (SSSR count). The van der Waals surface area contributed by atoms with Crippen LogP contribution in [0.5, 0.6) is 0 Å². The van der Waals surface area contributed by atoms with Gasteiger partial charge in [-0.15, -0.1) is 5.10 Å². The van der Waals surface area contributed by atoms with Crippen LogP contribution in [0.1, 0.15) is 5.69 Å². The highest BCUT2D eigenvalue weighted by molar-refractivity contribution is 7.92. The van der Waals surface area contributed by atoms with Crippen molar-refractivity contribution in [2.75, 3.05) is 11.1 Å². The number of halogens is 1. The summed E-state index contributed by atoms with van der Waals surface area (Å²) in [5, 5.41) is 14.3. The Morgan fingerprint density at radius 1 is 1.27 bits per heavy atom. The number of carbonyl (C=O) groups excluding carboxylic acids is 1. The van der Waals surface area contributed by atoms with Crippen molar-refractivity contribution in [3.8, 4) is 11.6 Å². The molecule has 2 aromatic heterocycles. The van der Waals surface area contributed by atoms with Crippen molar-refractivity contribution in [2.24, 2.45) is 7.05 Å². The van der Waals surface area contributed by atoms with Gasteiger partial charge in [0.25, 0.3) is 5.89 Å². The maximum Gasteiger partial charge on any atom is 0.322 e. The van der Waals surface area contributed by atoms with E-state index in [1.54, 1.807) is 17.8 Å². The summed E-state index contributed by atoms with van der Waals surface area (Å²) in [6, 6.07) is 7.07. The Kier molecular flexibility index (Phi) is 4.79. The van der Waals surface area contributed by atoms with Crippen LogP contribution in [0.25, 0.3) is 11.6 Å². The maximum absolute atomic E-state index is 12.2. The van der Waals surface area contributed by atoms with Crippen molar-refractivity contribution in [2.45, 2.75) is 11.8 Å². The second kappa shape index (κ2) is 6.89. The molecule has 0 bridgehead atoms. The average Bonchev–Trinajstić information content (AvgIpc) is 3.14. The fourth-order valence-corrected chi connectivity index (χ4v) is 3.36. The van der Waals surface area contributed by atoms with Crippen LogP contribution >= 0.6 is 11.6 Å². The smallest absolute Gasteiger partial charge is 0.322 e. The molecule has 0 saturated heterocycles. The number of amides is 1. The number of rotatable bonds is 5. The summed E-state index contributed by atoms with van der Waals surface area (Å²) in [6.07, 6.45) is 0. The molecule has 3 aromatic rings. The lowest BCUT2D eigenvalue weighted by Gasteiger charge is -2.04. The van der Waals surface area contributed by atoms with Crippen LogP contribution in [-0.2, 0) is 21.7 Å². The number of nitrogens with one attached hydrogen (secondary N) is 1. The summed E-state index contributed by atoms with van der Waals surface area (Å²) < 4.78 is 31.4. The molecule has 1 amide bonds. The molecule has 1 N–H and O–H groups in total. The van der Waals surface area contributed by atoms with E-state index < -0.39 is 21.5 Å². The minimum atomic E-state index is -3.82. The first-order chi connectivity index (χ1) is 12.2. The van der Waals surface area contributed by atoms with Crippen molar-refractivity contribution < 1.29 is 17.6 Å². The molecule has 0 radical (unpaired) electrons. The Hall–Kier alpha value is -2.72. The molecule has 26 heavy (non-hydrogen) atoms. The topological polar surface area (TPSA) is 120 Å². The van der Waals surface area contributed by atoms with Crippen molar-refractivity contribution in [1.29, 1.82) is 0 Å². The molecule has 1 aromatic carbocycles. The molecule has 0 aliphatic rings. The third kappa shape index (κ3) is 3.92. The second-order valence-electron chi connectivity index (χ2n) is 5.47. The summed E-state index contributed by atoms with van der Waals surface area (Å²) in [4.78, 5) is 12.0. The highest BCUT2D eigenvalue weighted by Crippen LogP contribution is 2.19. The maximum atomic E-state index is 12.2. The largest absolute Gasteiger partial charge is 0.401 e. The van der Waals surface area contributed by atoms with E-state index in [9.17, 15) is 13.2 Å². The predicted octanol–water partition coefficient (Wildman–Crippen LogP) is 1.84. The molecule has 136 valence electrons. The van der Waals surface area contributed by atoms with Gasteiger partial charge in [0.15, 0.2) is 9.84 Å². The lowest BCUT2D eigenvalue weighted by Crippen LogP contribution is -2.23. The molecule has 9 nitrogen and oxygen atoms in total. The first kappa shape index (κ1) is 18.1. The lowest BCUT2D eigenvalue weighted by molar-refractivity contribution is -0.114. The Balaban J connectivity index is 1.69. The van der Waals surface area contributed by atoms with Gasteiger partial charge in [-0.25, -0.2) is 8.42 Å². The molecular weight excluding hydrogens is 382 g/mol. The van der Waals surface area contributed by atoms with E-state index in [0.29, 0.717) is 10.7 Å². The molecule has 11 heteroatoms. The van der Waals surface area contributed by atoms with E-state index in [1.165, 1.54) is 24.3 Å². The van der Waals surface area contributed by atoms with Gasteiger partial charge in [0.05, 0.1) is 4.90 Å². The fraction of sp³-hybridized carbons (Fsp3) is 0.200. The zero-order valence-corrected chi connectivity index (χ0v) is 15.4. The van der Waals surface area contributed by atoms with Crippen molar-refractivity contribution in [3.63, 3.8) is 0 Å². The van der Waals surface area contributed by atoms with Gasteiger partial charge in [-0.1, -0.05) is 16.7 Å². The molecule has 0 atom stereocenters. The number of anilines is 1. The first-order valence-electron chi connectivity index (χ1n) is 7.37. The molecule has 0 spiro atoms. The Morgan fingerprint density at radius 2 is 1.96 bits per heavy atom. The van der Waals surface area contributed by atoms with Gasteiger partial charge >= 0.3 is 6.01 Å². The Morgan fingerprint density at radius 3 is 2.58 bits per heavy atom. The van der Waals surface area contributed by atoms with E-state index in [1.807, 2.05) is 6.92 Å². The minimum absolute atomic E-state index is 0.00720. The van der Waals surface area contributed by atoms with Gasteiger partial charge < -0.3 is 4.42 Å². The molecule has 0 fully saturated rings.